The van der Waals surface area contributed by atoms with E-state index < -0.39 is 17.0 Å². The van der Waals surface area contributed by atoms with Gasteiger partial charge in [0.15, 0.2) is 0 Å². The van der Waals surface area contributed by atoms with Crippen molar-refractivity contribution in [2.45, 2.75) is 20.1 Å². The second kappa shape index (κ2) is 10.6. The van der Waals surface area contributed by atoms with Gasteiger partial charge >= 0.3 is 0 Å². The highest BCUT2D eigenvalue weighted by molar-refractivity contribution is 9.11. The molecule has 1 heterocycles. The van der Waals surface area contributed by atoms with Gasteiger partial charge in [-0.1, -0.05) is 47.5 Å². The first kappa shape index (κ1) is 25.0. The normalized spacial score (nSPS) is 14.9. The van der Waals surface area contributed by atoms with E-state index >= 15 is 0 Å². The van der Waals surface area contributed by atoms with Crippen LogP contribution in [0.25, 0.3) is 6.08 Å². The van der Waals surface area contributed by atoms with Gasteiger partial charge in [-0.25, -0.2) is 4.39 Å². The Morgan fingerprint density at radius 1 is 1.09 bits per heavy atom. The molecule has 174 valence electrons. The third-order valence-corrected chi connectivity index (χ3v) is 7.48. The Morgan fingerprint density at radius 2 is 1.79 bits per heavy atom. The number of nitrogens with zero attached hydrogens (tertiary/aromatic N) is 1. The second-order valence-corrected chi connectivity index (χ2v) is 10.7. The summed E-state index contributed by atoms with van der Waals surface area (Å²) in [6.45, 7) is 2.19. The van der Waals surface area contributed by atoms with Gasteiger partial charge in [-0.15, -0.1) is 0 Å². The van der Waals surface area contributed by atoms with E-state index in [0.29, 0.717) is 26.9 Å². The molecular formula is C25H17Br2ClFNO3S. The molecule has 0 bridgehead atoms. The van der Waals surface area contributed by atoms with Gasteiger partial charge < -0.3 is 4.74 Å². The SMILES string of the molecule is Cc1cccc(COc2c(Br)cc(/C=C3\SC(=O)N(Cc4c(F)cccc4Cl)C3=O)cc2Br)c1. The van der Waals surface area contributed by atoms with Crippen LogP contribution in [0.15, 0.2) is 68.4 Å². The number of ether oxygens (including phenoxy) is 1. The van der Waals surface area contributed by atoms with Crippen LogP contribution in [-0.4, -0.2) is 16.0 Å². The van der Waals surface area contributed by atoms with Crippen molar-refractivity contribution in [3.8, 4) is 5.75 Å². The largest absolute Gasteiger partial charge is 0.487 e. The van der Waals surface area contributed by atoms with Crippen molar-refractivity contribution in [2.24, 2.45) is 0 Å². The van der Waals surface area contributed by atoms with E-state index in [4.69, 9.17) is 16.3 Å². The van der Waals surface area contributed by atoms with Crippen LogP contribution in [0.5, 0.6) is 5.75 Å². The number of thioether (sulfide) groups is 1. The van der Waals surface area contributed by atoms with Crippen molar-refractivity contribution >= 4 is 72.4 Å². The Hall–Kier alpha value is -2.13. The summed E-state index contributed by atoms with van der Waals surface area (Å²) in [6.07, 6.45) is 1.62. The number of rotatable bonds is 6. The zero-order valence-electron chi connectivity index (χ0n) is 17.8. The quantitative estimate of drug-likeness (QED) is 0.260. The third kappa shape index (κ3) is 5.57. The van der Waals surface area contributed by atoms with E-state index in [1.165, 1.54) is 18.2 Å². The van der Waals surface area contributed by atoms with Crippen LogP contribution >= 0.6 is 55.2 Å². The first-order valence-electron chi connectivity index (χ1n) is 10.1. The number of imide groups is 1. The lowest BCUT2D eigenvalue weighted by Crippen LogP contribution is -2.28. The molecule has 0 aromatic heterocycles. The number of benzene rings is 3. The Morgan fingerprint density at radius 3 is 2.47 bits per heavy atom. The van der Waals surface area contributed by atoms with Crippen molar-refractivity contribution in [1.29, 1.82) is 0 Å². The fraction of sp³-hybridized carbons (Fsp3) is 0.120. The number of aryl methyl sites for hydroxylation is 1. The molecular weight excluding hydrogens is 609 g/mol. The lowest BCUT2D eigenvalue weighted by atomic mass is 10.1. The summed E-state index contributed by atoms with van der Waals surface area (Å²) in [5.74, 6) is -0.438. The molecule has 1 aliphatic rings. The first-order valence-corrected chi connectivity index (χ1v) is 12.9. The van der Waals surface area contributed by atoms with Gasteiger partial charge in [-0.2, -0.15) is 0 Å². The Kier molecular flexibility index (Phi) is 7.82. The van der Waals surface area contributed by atoms with Crippen LogP contribution in [0.4, 0.5) is 9.18 Å². The van der Waals surface area contributed by atoms with Crippen LogP contribution in [-0.2, 0) is 17.9 Å². The third-order valence-electron chi connectivity index (χ3n) is 5.04. The molecule has 0 N–H and O–H groups in total. The Balaban J connectivity index is 1.52. The molecule has 0 unspecified atom stereocenters. The minimum absolute atomic E-state index is 0.105. The van der Waals surface area contributed by atoms with E-state index in [1.807, 2.05) is 25.1 Å². The molecule has 0 saturated carbocycles. The van der Waals surface area contributed by atoms with Gasteiger partial charge in [0, 0.05) is 10.6 Å². The zero-order chi connectivity index (χ0) is 24.4. The maximum atomic E-state index is 14.1. The van der Waals surface area contributed by atoms with Crippen LogP contribution < -0.4 is 4.74 Å². The molecule has 3 aromatic rings. The van der Waals surface area contributed by atoms with Crippen molar-refractivity contribution in [1.82, 2.24) is 4.90 Å². The van der Waals surface area contributed by atoms with Crippen molar-refractivity contribution in [2.75, 3.05) is 0 Å². The standard InChI is InChI=1S/C25H17Br2ClFNO3S/c1-14-4-2-5-15(8-14)13-33-23-18(26)9-16(10-19(23)27)11-22-24(31)30(25(32)34-22)12-17-20(28)6-3-7-21(17)29/h2-11H,12-13H2,1H3/b22-11-. The molecule has 0 atom stereocenters. The number of amides is 2. The monoisotopic (exact) mass is 623 g/mol. The van der Waals surface area contributed by atoms with Crippen molar-refractivity contribution in [3.63, 3.8) is 0 Å². The second-order valence-electron chi connectivity index (χ2n) is 7.56. The van der Waals surface area contributed by atoms with Gasteiger partial charge in [0.2, 0.25) is 0 Å². The molecule has 4 rings (SSSR count). The summed E-state index contributed by atoms with van der Waals surface area (Å²) in [5, 5.41) is -0.316. The zero-order valence-corrected chi connectivity index (χ0v) is 22.5. The molecule has 34 heavy (non-hydrogen) atoms. The van der Waals surface area contributed by atoms with Crippen molar-refractivity contribution in [3.05, 3.63) is 102 Å². The molecule has 1 fully saturated rings. The molecule has 1 aliphatic heterocycles. The molecule has 0 spiro atoms. The van der Waals surface area contributed by atoms with E-state index in [-0.39, 0.29) is 22.0 Å². The Labute approximate surface area is 222 Å². The molecule has 9 heteroatoms. The van der Waals surface area contributed by atoms with E-state index in [9.17, 15) is 14.0 Å². The average Bonchev–Trinajstić information content (AvgIpc) is 3.03. The van der Waals surface area contributed by atoms with E-state index in [2.05, 4.69) is 37.9 Å². The average molecular weight is 626 g/mol. The van der Waals surface area contributed by atoms with E-state index in [0.717, 1.165) is 27.8 Å². The fourth-order valence-electron chi connectivity index (χ4n) is 3.39. The van der Waals surface area contributed by atoms with Crippen LogP contribution in [0.3, 0.4) is 0 Å². The lowest BCUT2D eigenvalue weighted by Gasteiger charge is -2.14. The number of carbonyl (C=O) groups excluding carboxylic acids is 2. The lowest BCUT2D eigenvalue weighted by molar-refractivity contribution is -0.123. The maximum Gasteiger partial charge on any atom is 0.293 e. The predicted octanol–water partition coefficient (Wildman–Crippen LogP) is 8.13. The maximum absolute atomic E-state index is 14.1. The summed E-state index contributed by atoms with van der Waals surface area (Å²) in [5.41, 5.74) is 3.00. The first-order chi connectivity index (χ1) is 16.2. The summed E-state index contributed by atoms with van der Waals surface area (Å²) in [4.78, 5) is 26.6. The predicted molar refractivity (Wildman–Crippen MR) is 140 cm³/mol. The molecule has 4 nitrogen and oxygen atoms in total. The smallest absolute Gasteiger partial charge is 0.293 e. The number of carbonyl (C=O) groups is 2. The Bertz CT molecular complexity index is 1290. The number of halogens is 4. The van der Waals surface area contributed by atoms with Crippen LogP contribution in [0.1, 0.15) is 22.3 Å². The van der Waals surface area contributed by atoms with Gasteiger partial charge in [0.1, 0.15) is 18.2 Å². The number of hydrogen-bond donors (Lipinski definition) is 0. The summed E-state index contributed by atoms with van der Waals surface area (Å²) in [6, 6.07) is 15.9. The van der Waals surface area contributed by atoms with Crippen molar-refractivity contribution < 1.29 is 18.7 Å². The van der Waals surface area contributed by atoms with Gasteiger partial charge in [0.05, 0.1) is 20.4 Å². The molecule has 0 aliphatic carbocycles. The van der Waals surface area contributed by atoms with Gasteiger partial charge in [0.25, 0.3) is 11.1 Å². The molecule has 2 amide bonds. The summed E-state index contributed by atoms with van der Waals surface area (Å²) in [7, 11) is 0. The fourth-order valence-corrected chi connectivity index (χ4v) is 5.90. The van der Waals surface area contributed by atoms with E-state index in [1.54, 1.807) is 18.2 Å². The number of hydrogen-bond acceptors (Lipinski definition) is 4. The van der Waals surface area contributed by atoms with Gasteiger partial charge in [-0.3, -0.25) is 14.5 Å². The molecule has 0 radical (unpaired) electrons. The van der Waals surface area contributed by atoms with Crippen LogP contribution in [0, 0.1) is 12.7 Å². The van der Waals surface area contributed by atoms with Crippen LogP contribution in [0.2, 0.25) is 5.02 Å². The minimum atomic E-state index is -0.565. The molecule has 3 aromatic carbocycles. The highest BCUT2D eigenvalue weighted by Gasteiger charge is 2.36. The van der Waals surface area contributed by atoms with Gasteiger partial charge in [-0.05, 0) is 92.0 Å². The highest BCUT2D eigenvalue weighted by Crippen LogP contribution is 2.39. The molecule has 1 saturated heterocycles. The highest BCUT2D eigenvalue weighted by atomic mass is 79.9. The summed E-state index contributed by atoms with van der Waals surface area (Å²) >= 11 is 13.9. The topological polar surface area (TPSA) is 46.6 Å². The minimum Gasteiger partial charge on any atom is -0.487 e. The summed E-state index contributed by atoms with van der Waals surface area (Å²) < 4.78 is 21.5.